The van der Waals surface area contributed by atoms with Crippen LogP contribution in [0.15, 0.2) is 18.3 Å². The maximum absolute atomic E-state index is 11.9. The Bertz CT molecular complexity index is 476. The molecular formula is C15H22N2O4. The summed E-state index contributed by atoms with van der Waals surface area (Å²) >= 11 is 0. The minimum absolute atomic E-state index is 0.0480. The van der Waals surface area contributed by atoms with Crippen LogP contribution in [0.25, 0.3) is 0 Å². The highest BCUT2D eigenvalue weighted by Crippen LogP contribution is 2.12. The molecule has 1 rings (SSSR count). The Morgan fingerprint density at radius 3 is 2.86 bits per heavy atom. The highest BCUT2D eigenvalue weighted by atomic mass is 16.5. The summed E-state index contributed by atoms with van der Waals surface area (Å²) in [5.41, 5.74) is 0.488. The van der Waals surface area contributed by atoms with Gasteiger partial charge in [-0.05, 0) is 32.3 Å². The van der Waals surface area contributed by atoms with Crippen molar-refractivity contribution in [2.45, 2.75) is 45.6 Å². The third kappa shape index (κ3) is 6.74. The molecule has 6 nitrogen and oxygen atoms in total. The molecule has 0 saturated heterocycles. The lowest BCUT2D eigenvalue weighted by molar-refractivity contribution is -0.137. The van der Waals surface area contributed by atoms with Gasteiger partial charge in [-0.2, -0.15) is 0 Å². The zero-order chi connectivity index (χ0) is 15.7. The highest BCUT2D eigenvalue weighted by molar-refractivity contribution is 5.94. The number of pyridine rings is 1. The second-order valence-electron chi connectivity index (χ2n) is 4.83. The van der Waals surface area contributed by atoms with E-state index in [4.69, 9.17) is 9.84 Å². The average Bonchev–Trinajstić information content (AvgIpc) is 2.46. The van der Waals surface area contributed by atoms with Gasteiger partial charge in [0.1, 0.15) is 0 Å². The normalized spacial score (nSPS) is 11.7. The Hall–Kier alpha value is -2.11. The largest absolute Gasteiger partial charge is 0.481 e. The van der Waals surface area contributed by atoms with Crippen molar-refractivity contribution >= 4 is 11.9 Å². The number of rotatable bonds is 9. The van der Waals surface area contributed by atoms with E-state index < -0.39 is 5.97 Å². The number of aliphatic carboxylic acids is 1. The summed E-state index contributed by atoms with van der Waals surface area (Å²) in [7, 11) is 0. The smallest absolute Gasteiger partial charge is 0.303 e. The van der Waals surface area contributed by atoms with E-state index in [0.717, 1.165) is 6.42 Å². The molecule has 0 radical (unpaired) electrons. The molecule has 116 valence electrons. The zero-order valence-corrected chi connectivity index (χ0v) is 12.5. The van der Waals surface area contributed by atoms with E-state index in [1.807, 2.05) is 13.8 Å². The summed E-state index contributed by atoms with van der Waals surface area (Å²) in [6.07, 6.45) is 3.76. The predicted octanol–water partition coefficient (Wildman–Crippen LogP) is 2.24. The Balaban J connectivity index is 2.43. The van der Waals surface area contributed by atoms with Crippen molar-refractivity contribution in [3.63, 3.8) is 0 Å². The van der Waals surface area contributed by atoms with Crippen LogP contribution in [0.1, 0.15) is 49.9 Å². The second-order valence-corrected chi connectivity index (χ2v) is 4.83. The molecule has 21 heavy (non-hydrogen) atoms. The van der Waals surface area contributed by atoms with Gasteiger partial charge in [0, 0.05) is 30.8 Å². The first kappa shape index (κ1) is 16.9. The van der Waals surface area contributed by atoms with Gasteiger partial charge in [0.05, 0.1) is 6.10 Å². The Labute approximate surface area is 124 Å². The fraction of sp³-hybridized carbons (Fsp3) is 0.533. The number of ether oxygens (including phenoxy) is 1. The predicted molar refractivity (Wildman–Crippen MR) is 78.4 cm³/mol. The summed E-state index contributed by atoms with van der Waals surface area (Å²) < 4.78 is 5.57. The van der Waals surface area contributed by atoms with Crippen LogP contribution in [-0.2, 0) is 4.79 Å². The maximum atomic E-state index is 11.9. The Kier molecular flexibility index (Phi) is 7.21. The molecule has 1 aromatic rings. The fourth-order valence-corrected chi connectivity index (χ4v) is 1.61. The number of carboxylic acid groups (broad SMARTS) is 1. The number of nitrogens with one attached hydrogen (secondary N) is 1. The second kappa shape index (κ2) is 8.94. The van der Waals surface area contributed by atoms with Crippen molar-refractivity contribution in [3.05, 3.63) is 23.9 Å². The van der Waals surface area contributed by atoms with E-state index in [2.05, 4.69) is 10.3 Å². The van der Waals surface area contributed by atoms with Gasteiger partial charge < -0.3 is 15.2 Å². The van der Waals surface area contributed by atoms with E-state index in [0.29, 0.717) is 30.8 Å². The van der Waals surface area contributed by atoms with Gasteiger partial charge in [-0.25, -0.2) is 4.98 Å². The third-order valence-electron chi connectivity index (χ3n) is 3.00. The molecule has 0 bridgehead atoms. The molecule has 1 heterocycles. The lowest BCUT2D eigenvalue weighted by Gasteiger charge is -2.12. The first-order chi connectivity index (χ1) is 10.0. The summed E-state index contributed by atoms with van der Waals surface area (Å²) in [5, 5.41) is 11.3. The van der Waals surface area contributed by atoms with Gasteiger partial charge >= 0.3 is 5.97 Å². The molecule has 0 fully saturated rings. The van der Waals surface area contributed by atoms with Crippen molar-refractivity contribution in [2.75, 3.05) is 6.54 Å². The van der Waals surface area contributed by atoms with Gasteiger partial charge in [0.25, 0.3) is 5.91 Å². The molecular weight excluding hydrogens is 272 g/mol. The average molecular weight is 294 g/mol. The lowest BCUT2D eigenvalue weighted by Crippen LogP contribution is -2.24. The van der Waals surface area contributed by atoms with E-state index >= 15 is 0 Å². The molecule has 0 aliphatic heterocycles. The summed E-state index contributed by atoms with van der Waals surface area (Å²) in [6, 6.07) is 3.23. The molecule has 0 spiro atoms. The van der Waals surface area contributed by atoms with Gasteiger partial charge in [-0.3, -0.25) is 9.59 Å². The number of carbonyl (C=O) groups is 2. The van der Waals surface area contributed by atoms with Crippen LogP contribution >= 0.6 is 0 Å². The van der Waals surface area contributed by atoms with Gasteiger partial charge in [-0.1, -0.05) is 6.92 Å². The number of hydrogen-bond donors (Lipinski definition) is 2. The van der Waals surface area contributed by atoms with Crippen LogP contribution in [0.5, 0.6) is 5.88 Å². The number of amides is 1. The summed E-state index contributed by atoms with van der Waals surface area (Å²) in [5.74, 6) is -0.591. The molecule has 0 aliphatic carbocycles. The quantitative estimate of drug-likeness (QED) is 0.682. The number of aromatic nitrogens is 1. The lowest BCUT2D eigenvalue weighted by atomic mass is 10.2. The van der Waals surface area contributed by atoms with Gasteiger partial charge in [-0.15, -0.1) is 0 Å². The monoisotopic (exact) mass is 294 g/mol. The van der Waals surface area contributed by atoms with Crippen LogP contribution in [-0.4, -0.2) is 34.6 Å². The van der Waals surface area contributed by atoms with Gasteiger partial charge in [0.15, 0.2) is 0 Å². The van der Waals surface area contributed by atoms with Crippen molar-refractivity contribution in [1.82, 2.24) is 10.3 Å². The maximum Gasteiger partial charge on any atom is 0.303 e. The molecule has 0 aliphatic rings. The van der Waals surface area contributed by atoms with Crippen molar-refractivity contribution in [1.29, 1.82) is 0 Å². The molecule has 1 unspecified atom stereocenters. The number of nitrogens with zero attached hydrogens (tertiary/aromatic N) is 1. The number of carboxylic acids is 1. The van der Waals surface area contributed by atoms with Crippen LogP contribution in [0.2, 0.25) is 0 Å². The molecule has 0 aromatic carbocycles. The SMILES string of the molecule is CCC(C)Oc1cc(C(=O)NCCCCC(=O)O)ccn1. The summed E-state index contributed by atoms with van der Waals surface area (Å²) in [4.78, 5) is 26.4. The minimum Gasteiger partial charge on any atom is -0.481 e. The van der Waals surface area contributed by atoms with E-state index in [1.165, 1.54) is 6.20 Å². The van der Waals surface area contributed by atoms with Crippen LogP contribution in [0.3, 0.4) is 0 Å². The molecule has 1 aromatic heterocycles. The molecule has 6 heteroatoms. The fourth-order valence-electron chi connectivity index (χ4n) is 1.61. The van der Waals surface area contributed by atoms with Crippen LogP contribution < -0.4 is 10.1 Å². The molecule has 0 saturated carbocycles. The number of carbonyl (C=O) groups excluding carboxylic acids is 1. The number of unbranched alkanes of at least 4 members (excludes halogenated alkanes) is 1. The molecule has 2 N–H and O–H groups in total. The summed E-state index contributed by atoms with van der Waals surface area (Å²) in [6.45, 7) is 4.41. The molecule has 1 amide bonds. The number of hydrogen-bond acceptors (Lipinski definition) is 4. The Morgan fingerprint density at radius 1 is 1.43 bits per heavy atom. The first-order valence-corrected chi connectivity index (χ1v) is 7.15. The zero-order valence-electron chi connectivity index (χ0n) is 12.5. The van der Waals surface area contributed by atoms with Crippen LogP contribution in [0.4, 0.5) is 0 Å². The van der Waals surface area contributed by atoms with E-state index in [9.17, 15) is 9.59 Å². The third-order valence-corrected chi connectivity index (χ3v) is 3.00. The van der Waals surface area contributed by atoms with E-state index in [-0.39, 0.29) is 18.4 Å². The van der Waals surface area contributed by atoms with Crippen LogP contribution in [0, 0.1) is 0 Å². The van der Waals surface area contributed by atoms with Crippen molar-refractivity contribution < 1.29 is 19.4 Å². The van der Waals surface area contributed by atoms with Crippen molar-refractivity contribution in [2.24, 2.45) is 0 Å². The highest BCUT2D eigenvalue weighted by Gasteiger charge is 2.08. The minimum atomic E-state index is -0.817. The van der Waals surface area contributed by atoms with E-state index in [1.54, 1.807) is 12.1 Å². The molecule has 1 atom stereocenters. The first-order valence-electron chi connectivity index (χ1n) is 7.15. The topological polar surface area (TPSA) is 88.5 Å². The van der Waals surface area contributed by atoms with Gasteiger partial charge in [0.2, 0.25) is 5.88 Å². The standard InChI is InChI=1S/C15H22N2O4/c1-3-11(2)21-13-10-12(7-9-16-13)15(20)17-8-5-4-6-14(18)19/h7,9-11H,3-6,8H2,1-2H3,(H,17,20)(H,18,19). The Morgan fingerprint density at radius 2 is 2.19 bits per heavy atom. The van der Waals surface area contributed by atoms with Crippen molar-refractivity contribution in [3.8, 4) is 5.88 Å².